The number of aromatic carboxylic acids is 1. The van der Waals surface area contributed by atoms with Crippen molar-refractivity contribution in [1.29, 1.82) is 0 Å². The van der Waals surface area contributed by atoms with Crippen molar-refractivity contribution in [2.75, 3.05) is 13.7 Å². The molecule has 0 aliphatic carbocycles. The van der Waals surface area contributed by atoms with E-state index in [0.717, 1.165) is 11.1 Å². The molecule has 1 heterocycles. The lowest BCUT2D eigenvalue weighted by Crippen LogP contribution is -2.39. The van der Waals surface area contributed by atoms with Crippen LogP contribution >= 0.6 is 0 Å². The van der Waals surface area contributed by atoms with E-state index in [2.05, 4.69) is 5.32 Å². The van der Waals surface area contributed by atoms with Crippen molar-refractivity contribution in [3.8, 4) is 5.75 Å². The lowest BCUT2D eigenvalue weighted by Gasteiger charge is -2.22. The lowest BCUT2D eigenvalue weighted by molar-refractivity contribution is -0.285. The SMILES string of the molecule is COc1cc(C(=O)O)ccc1Cc1cn(C)c2ccc(C(=O)NCCC(C(F)(F)F)C(F)(F)F)cc12. The molecule has 0 bridgehead atoms. The molecule has 0 unspecified atom stereocenters. The summed E-state index contributed by atoms with van der Waals surface area (Å²) >= 11 is 0. The zero-order valence-electron chi connectivity index (χ0n) is 19.1. The second kappa shape index (κ2) is 10.1. The van der Waals surface area contributed by atoms with Gasteiger partial charge in [0.1, 0.15) is 5.75 Å². The van der Waals surface area contributed by atoms with Gasteiger partial charge in [-0.2, -0.15) is 26.3 Å². The molecule has 36 heavy (non-hydrogen) atoms. The third-order valence-electron chi connectivity index (χ3n) is 5.76. The third kappa shape index (κ3) is 5.92. The van der Waals surface area contributed by atoms with Crippen LogP contribution < -0.4 is 10.1 Å². The number of carbonyl (C=O) groups is 2. The highest BCUT2D eigenvalue weighted by molar-refractivity contribution is 5.99. The molecular formula is C24H22F6N2O4. The van der Waals surface area contributed by atoms with E-state index in [-0.39, 0.29) is 11.1 Å². The molecule has 0 radical (unpaired) electrons. The van der Waals surface area contributed by atoms with Crippen molar-refractivity contribution in [3.63, 3.8) is 0 Å². The van der Waals surface area contributed by atoms with E-state index in [9.17, 15) is 41.0 Å². The predicted octanol–water partition coefficient (Wildman–Crippen LogP) is 5.34. The predicted molar refractivity (Wildman–Crippen MR) is 118 cm³/mol. The van der Waals surface area contributed by atoms with E-state index >= 15 is 0 Å². The normalized spacial score (nSPS) is 12.2. The minimum Gasteiger partial charge on any atom is -0.496 e. The van der Waals surface area contributed by atoms with Gasteiger partial charge in [-0.15, -0.1) is 0 Å². The van der Waals surface area contributed by atoms with Crippen LogP contribution in [0.5, 0.6) is 5.75 Å². The second-order valence-corrected chi connectivity index (χ2v) is 8.19. The highest BCUT2D eigenvalue weighted by Gasteiger charge is 2.55. The van der Waals surface area contributed by atoms with Crippen LogP contribution in [0.1, 0.15) is 38.3 Å². The summed E-state index contributed by atoms with van der Waals surface area (Å²) in [5, 5.41) is 11.9. The number of carboxylic acids is 1. The van der Waals surface area contributed by atoms with Crippen LogP contribution in [0.2, 0.25) is 0 Å². The van der Waals surface area contributed by atoms with Gasteiger partial charge < -0.3 is 19.7 Å². The van der Waals surface area contributed by atoms with Gasteiger partial charge in [0.15, 0.2) is 5.92 Å². The van der Waals surface area contributed by atoms with Gasteiger partial charge in [0.2, 0.25) is 0 Å². The number of hydrogen-bond acceptors (Lipinski definition) is 3. The molecule has 0 aliphatic rings. The summed E-state index contributed by atoms with van der Waals surface area (Å²) in [6.07, 6.45) is -10.2. The molecule has 0 atom stereocenters. The Morgan fingerprint density at radius 2 is 1.64 bits per heavy atom. The first-order valence-electron chi connectivity index (χ1n) is 10.6. The lowest BCUT2D eigenvalue weighted by atomic mass is 10.0. The number of methoxy groups -OCH3 is 1. The first kappa shape index (κ1) is 26.9. The third-order valence-corrected chi connectivity index (χ3v) is 5.76. The van der Waals surface area contributed by atoms with Crippen LogP contribution in [-0.4, -0.2) is 47.6 Å². The highest BCUT2D eigenvalue weighted by atomic mass is 19.4. The Balaban J connectivity index is 1.82. The van der Waals surface area contributed by atoms with E-state index in [0.29, 0.717) is 23.1 Å². The van der Waals surface area contributed by atoms with Crippen molar-refractivity contribution >= 4 is 22.8 Å². The largest absolute Gasteiger partial charge is 0.496 e. The van der Waals surface area contributed by atoms with E-state index in [1.807, 2.05) is 0 Å². The average molecular weight is 516 g/mol. The molecule has 12 heteroatoms. The minimum atomic E-state index is -5.47. The molecule has 2 N–H and O–H groups in total. The number of carbonyl (C=O) groups excluding carboxylic acids is 1. The highest BCUT2D eigenvalue weighted by Crippen LogP contribution is 2.41. The van der Waals surface area contributed by atoms with E-state index < -0.39 is 43.1 Å². The van der Waals surface area contributed by atoms with E-state index in [1.165, 1.54) is 31.4 Å². The van der Waals surface area contributed by atoms with Crippen LogP contribution in [-0.2, 0) is 13.5 Å². The van der Waals surface area contributed by atoms with Crippen LogP contribution in [0, 0.1) is 5.92 Å². The fourth-order valence-electron chi connectivity index (χ4n) is 3.93. The Labute approximate surface area is 201 Å². The number of benzene rings is 2. The summed E-state index contributed by atoms with van der Waals surface area (Å²) in [4.78, 5) is 23.7. The van der Waals surface area contributed by atoms with Gasteiger partial charge in [0.25, 0.3) is 5.91 Å². The van der Waals surface area contributed by atoms with Crippen LogP contribution in [0.4, 0.5) is 26.3 Å². The summed E-state index contributed by atoms with van der Waals surface area (Å²) in [6.45, 7) is -0.810. The van der Waals surface area contributed by atoms with Gasteiger partial charge in [-0.3, -0.25) is 4.79 Å². The van der Waals surface area contributed by atoms with Crippen LogP contribution in [0.15, 0.2) is 42.6 Å². The minimum absolute atomic E-state index is 0.0470. The zero-order valence-corrected chi connectivity index (χ0v) is 19.1. The topological polar surface area (TPSA) is 80.6 Å². The summed E-state index contributed by atoms with van der Waals surface area (Å²) in [6, 6.07) is 8.97. The van der Waals surface area contributed by atoms with Gasteiger partial charge >= 0.3 is 18.3 Å². The molecule has 0 fully saturated rings. The molecule has 0 spiro atoms. The number of nitrogens with one attached hydrogen (secondary N) is 1. The fraction of sp³-hybridized carbons (Fsp3) is 0.333. The molecule has 1 amide bonds. The number of aromatic nitrogens is 1. The van der Waals surface area contributed by atoms with Crippen molar-refractivity contribution < 1.29 is 45.8 Å². The zero-order chi connectivity index (χ0) is 26.8. The number of amides is 1. The summed E-state index contributed by atoms with van der Waals surface area (Å²) < 4.78 is 83.3. The number of alkyl halides is 6. The van der Waals surface area contributed by atoms with E-state index in [4.69, 9.17) is 4.74 Å². The maximum absolute atomic E-state index is 12.7. The van der Waals surface area contributed by atoms with Crippen molar-refractivity contribution in [2.45, 2.75) is 25.2 Å². The Hall–Kier alpha value is -3.70. The summed E-state index contributed by atoms with van der Waals surface area (Å²) in [5.74, 6) is -5.10. The number of fused-ring (bicyclic) bond motifs is 1. The number of rotatable bonds is 8. The summed E-state index contributed by atoms with van der Waals surface area (Å²) in [5.41, 5.74) is 2.27. The quantitative estimate of drug-likeness (QED) is 0.397. The standard InChI is InChI=1S/C24H22F6N2O4/c1-32-12-16(9-13-3-4-15(22(34)35)11-19(13)36-2)17-10-14(5-6-18(17)32)21(33)31-8-7-20(23(25,26)27)24(28,29)30/h3-6,10-12,20H,7-9H2,1-2H3,(H,31,33)(H,34,35). The molecule has 3 rings (SSSR count). The van der Waals surface area contributed by atoms with Gasteiger partial charge in [-0.1, -0.05) is 6.07 Å². The average Bonchev–Trinajstić information content (AvgIpc) is 3.09. The van der Waals surface area contributed by atoms with Gasteiger partial charge in [-0.05, 0) is 47.9 Å². The molecule has 6 nitrogen and oxygen atoms in total. The van der Waals surface area contributed by atoms with Gasteiger partial charge in [0.05, 0.1) is 12.7 Å². The van der Waals surface area contributed by atoms with E-state index in [1.54, 1.807) is 29.9 Å². The number of hydrogen-bond donors (Lipinski definition) is 2. The summed E-state index contributed by atoms with van der Waals surface area (Å²) in [7, 11) is 3.17. The maximum atomic E-state index is 12.7. The number of ether oxygens (including phenoxy) is 1. The Kier molecular flexibility index (Phi) is 7.56. The number of halogens is 6. The smallest absolute Gasteiger partial charge is 0.400 e. The van der Waals surface area contributed by atoms with Gasteiger partial charge in [0, 0.05) is 42.7 Å². The number of carboxylic acid groups (broad SMARTS) is 1. The monoisotopic (exact) mass is 516 g/mol. The molecule has 1 aromatic heterocycles. The Bertz CT molecular complexity index is 1270. The first-order valence-corrected chi connectivity index (χ1v) is 10.6. The molecule has 194 valence electrons. The molecule has 2 aromatic carbocycles. The molecule has 0 saturated carbocycles. The molecule has 0 aliphatic heterocycles. The maximum Gasteiger partial charge on any atom is 0.400 e. The first-order chi connectivity index (χ1) is 16.7. The molecule has 3 aromatic rings. The molecular weight excluding hydrogens is 494 g/mol. The fourth-order valence-corrected chi connectivity index (χ4v) is 3.93. The van der Waals surface area contributed by atoms with Crippen LogP contribution in [0.25, 0.3) is 10.9 Å². The van der Waals surface area contributed by atoms with Crippen molar-refractivity contribution in [2.24, 2.45) is 13.0 Å². The van der Waals surface area contributed by atoms with Crippen molar-refractivity contribution in [3.05, 3.63) is 64.8 Å². The van der Waals surface area contributed by atoms with Crippen molar-refractivity contribution in [1.82, 2.24) is 9.88 Å². The molecule has 0 saturated heterocycles. The second-order valence-electron chi connectivity index (χ2n) is 8.19. The number of aryl methyl sites for hydroxylation is 1. The van der Waals surface area contributed by atoms with Gasteiger partial charge in [-0.25, -0.2) is 4.79 Å². The Morgan fingerprint density at radius 3 is 2.22 bits per heavy atom. The number of nitrogens with zero attached hydrogens (tertiary/aromatic N) is 1. The Morgan fingerprint density at radius 1 is 1.00 bits per heavy atom. The van der Waals surface area contributed by atoms with Crippen LogP contribution in [0.3, 0.4) is 0 Å².